The summed E-state index contributed by atoms with van der Waals surface area (Å²) >= 11 is 1.68. The highest BCUT2D eigenvalue weighted by Crippen LogP contribution is 2.27. The van der Waals surface area contributed by atoms with Crippen LogP contribution in [0.2, 0.25) is 0 Å². The van der Waals surface area contributed by atoms with Crippen LogP contribution in [0.25, 0.3) is 16.7 Å². The Bertz CT molecular complexity index is 1120. The van der Waals surface area contributed by atoms with Crippen LogP contribution in [0.4, 0.5) is 5.95 Å². The molecule has 1 saturated heterocycles. The van der Waals surface area contributed by atoms with Crippen LogP contribution in [-0.4, -0.2) is 39.4 Å². The lowest BCUT2D eigenvalue weighted by atomic mass is 10.2. The number of fused-ring (bicyclic) bond motifs is 1. The third-order valence-electron chi connectivity index (χ3n) is 4.65. The molecular weight excluding hydrogens is 362 g/mol. The van der Waals surface area contributed by atoms with Crippen molar-refractivity contribution in [1.82, 2.24) is 19.7 Å². The molecule has 0 spiro atoms. The zero-order valence-corrected chi connectivity index (χ0v) is 15.2. The van der Waals surface area contributed by atoms with E-state index >= 15 is 0 Å². The molecule has 1 N–H and O–H groups in total. The minimum atomic E-state index is -0.184. The summed E-state index contributed by atoms with van der Waals surface area (Å²) in [5.74, 6) is 0.551. The minimum absolute atomic E-state index is 0.0150. The van der Waals surface area contributed by atoms with E-state index in [9.17, 15) is 4.79 Å². The summed E-state index contributed by atoms with van der Waals surface area (Å²) in [6.45, 7) is 1.91. The van der Waals surface area contributed by atoms with Crippen molar-refractivity contribution in [3.8, 4) is 5.69 Å². The van der Waals surface area contributed by atoms with Crippen molar-refractivity contribution in [2.45, 2.75) is 6.10 Å². The van der Waals surface area contributed by atoms with Crippen molar-refractivity contribution >= 4 is 28.3 Å². The third-order valence-corrected chi connectivity index (χ3v) is 5.62. The summed E-state index contributed by atoms with van der Waals surface area (Å²) in [4.78, 5) is 23.5. The van der Waals surface area contributed by atoms with Crippen molar-refractivity contribution in [2.24, 2.45) is 0 Å². The summed E-state index contributed by atoms with van der Waals surface area (Å²) in [5.41, 5.74) is 1.24. The Hall–Kier alpha value is -2.97. The molecule has 1 fully saturated rings. The maximum atomic E-state index is 12.6. The fourth-order valence-electron chi connectivity index (χ4n) is 3.30. The van der Waals surface area contributed by atoms with Gasteiger partial charge in [0.15, 0.2) is 5.65 Å². The van der Waals surface area contributed by atoms with Gasteiger partial charge in [-0.15, -0.1) is 11.3 Å². The van der Waals surface area contributed by atoms with Gasteiger partial charge >= 0.3 is 0 Å². The molecular formula is C19H17N5O2S. The molecule has 0 radical (unpaired) electrons. The zero-order chi connectivity index (χ0) is 18.2. The lowest BCUT2D eigenvalue weighted by molar-refractivity contribution is 0.0415. The van der Waals surface area contributed by atoms with Gasteiger partial charge in [0.25, 0.3) is 5.56 Å². The predicted octanol–water partition coefficient (Wildman–Crippen LogP) is 2.75. The molecule has 27 heavy (non-hydrogen) atoms. The molecule has 0 bridgehead atoms. The summed E-state index contributed by atoms with van der Waals surface area (Å²) in [6.07, 6.45) is 1.55. The van der Waals surface area contributed by atoms with Gasteiger partial charge in [-0.2, -0.15) is 10.1 Å². The topological polar surface area (TPSA) is 76.0 Å². The number of hydrogen-bond acceptors (Lipinski definition) is 6. The second-order valence-corrected chi connectivity index (χ2v) is 7.32. The van der Waals surface area contributed by atoms with Gasteiger partial charge < -0.3 is 9.64 Å². The van der Waals surface area contributed by atoms with E-state index in [-0.39, 0.29) is 11.7 Å². The summed E-state index contributed by atoms with van der Waals surface area (Å²) < 4.78 is 7.60. The fraction of sp³-hybridized carbons (Fsp3) is 0.211. The average molecular weight is 379 g/mol. The highest BCUT2D eigenvalue weighted by molar-refractivity contribution is 7.10. The zero-order valence-electron chi connectivity index (χ0n) is 14.4. The van der Waals surface area contributed by atoms with Crippen molar-refractivity contribution in [3.05, 3.63) is 69.3 Å². The number of morpholine rings is 1. The number of para-hydroxylation sites is 1. The molecule has 3 aromatic heterocycles. The van der Waals surface area contributed by atoms with E-state index in [1.807, 2.05) is 41.8 Å². The molecule has 0 saturated carbocycles. The van der Waals surface area contributed by atoms with Gasteiger partial charge in [0.1, 0.15) is 11.5 Å². The molecule has 1 unspecified atom stereocenters. The van der Waals surface area contributed by atoms with Gasteiger partial charge in [0.05, 0.1) is 25.0 Å². The van der Waals surface area contributed by atoms with E-state index in [0.29, 0.717) is 36.7 Å². The summed E-state index contributed by atoms with van der Waals surface area (Å²) in [5, 5.41) is 6.88. The molecule has 0 aliphatic carbocycles. The van der Waals surface area contributed by atoms with Crippen LogP contribution in [0.1, 0.15) is 11.0 Å². The van der Waals surface area contributed by atoms with Gasteiger partial charge in [-0.05, 0) is 23.6 Å². The van der Waals surface area contributed by atoms with E-state index in [1.165, 1.54) is 4.88 Å². The van der Waals surface area contributed by atoms with Gasteiger partial charge in [0.2, 0.25) is 5.95 Å². The Morgan fingerprint density at radius 2 is 2.07 bits per heavy atom. The van der Waals surface area contributed by atoms with Crippen molar-refractivity contribution in [1.29, 1.82) is 0 Å². The number of nitrogens with one attached hydrogen (secondary N) is 1. The molecule has 1 aliphatic rings. The number of anilines is 1. The van der Waals surface area contributed by atoms with Crippen LogP contribution < -0.4 is 10.5 Å². The molecule has 4 aromatic rings. The smallest absolute Gasteiger partial charge is 0.263 e. The molecule has 1 aliphatic heterocycles. The van der Waals surface area contributed by atoms with Crippen LogP contribution in [-0.2, 0) is 4.74 Å². The summed E-state index contributed by atoms with van der Waals surface area (Å²) in [7, 11) is 0. The highest BCUT2D eigenvalue weighted by atomic mass is 32.1. The first-order valence-corrected chi connectivity index (χ1v) is 9.61. The lowest BCUT2D eigenvalue weighted by Gasteiger charge is -2.32. The number of H-pyrrole nitrogens is 1. The van der Waals surface area contributed by atoms with E-state index < -0.39 is 0 Å². The Labute approximate surface area is 158 Å². The van der Waals surface area contributed by atoms with E-state index in [4.69, 9.17) is 9.72 Å². The quantitative estimate of drug-likeness (QED) is 0.592. The second kappa shape index (κ2) is 6.64. The van der Waals surface area contributed by atoms with Crippen LogP contribution in [0, 0.1) is 0 Å². The first kappa shape index (κ1) is 16.2. The van der Waals surface area contributed by atoms with Crippen molar-refractivity contribution in [3.63, 3.8) is 0 Å². The molecule has 0 amide bonds. The van der Waals surface area contributed by atoms with Gasteiger partial charge in [-0.1, -0.05) is 24.3 Å². The fourth-order valence-corrected chi connectivity index (χ4v) is 4.07. The lowest BCUT2D eigenvalue weighted by Crippen LogP contribution is -2.40. The van der Waals surface area contributed by atoms with E-state index in [1.54, 1.807) is 22.2 Å². The van der Waals surface area contributed by atoms with Gasteiger partial charge in [0, 0.05) is 11.4 Å². The molecule has 5 rings (SSSR count). The standard InChI is InChI=1S/C19H17N5O2S/c25-18-14-11-20-24(13-5-2-1-3-6-13)17(14)21-19(22-18)23-8-9-26-15(12-23)16-7-4-10-27-16/h1-7,10-11,15H,8-9,12H2,(H,21,22,25). The third kappa shape index (κ3) is 2.92. The van der Waals surface area contributed by atoms with E-state index in [2.05, 4.69) is 21.0 Å². The normalized spacial score (nSPS) is 17.5. The van der Waals surface area contributed by atoms with Crippen LogP contribution in [0.15, 0.2) is 58.8 Å². The van der Waals surface area contributed by atoms with Crippen LogP contribution in [0.3, 0.4) is 0 Å². The SMILES string of the molecule is O=c1[nH]c(N2CCOC(c3cccs3)C2)nc2c1cnn2-c1ccccc1. The molecule has 7 nitrogen and oxygen atoms in total. The number of aromatic amines is 1. The number of ether oxygens (including phenoxy) is 1. The maximum Gasteiger partial charge on any atom is 0.263 e. The van der Waals surface area contributed by atoms with Crippen LogP contribution >= 0.6 is 11.3 Å². The van der Waals surface area contributed by atoms with Crippen molar-refractivity contribution in [2.75, 3.05) is 24.6 Å². The van der Waals surface area contributed by atoms with Gasteiger partial charge in [-0.25, -0.2) is 4.68 Å². The Morgan fingerprint density at radius 1 is 1.19 bits per heavy atom. The Balaban J connectivity index is 1.55. The summed E-state index contributed by atoms with van der Waals surface area (Å²) in [6, 6.07) is 13.8. The monoisotopic (exact) mass is 379 g/mol. The number of benzene rings is 1. The maximum absolute atomic E-state index is 12.6. The molecule has 136 valence electrons. The Kier molecular flexibility index (Phi) is 3.99. The largest absolute Gasteiger partial charge is 0.369 e. The molecule has 4 heterocycles. The van der Waals surface area contributed by atoms with Crippen LogP contribution in [0.5, 0.6) is 0 Å². The first-order chi connectivity index (χ1) is 13.3. The number of aromatic nitrogens is 4. The number of hydrogen-bond donors (Lipinski definition) is 1. The number of rotatable bonds is 3. The van der Waals surface area contributed by atoms with Crippen molar-refractivity contribution < 1.29 is 4.74 Å². The number of nitrogens with zero attached hydrogens (tertiary/aromatic N) is 4. The first-order valence-electron chi connectivity index (χ1n) is 8.73. The molecule has 8 heteroatoms. The minimum Gasteiger partial charge on any atom is -0.369 e. The average Bonchev–Trinajstić information content (AvgIpc) is 3.39. The van der Waals surface area contributed by atoms with Gasteiger partial charge in [-0.3, -0.25) is 9.78 Å². The molecule has 1 aromatic carbocycles. The number of thiophene rings is 1. The predicted molar refractivity (Wildman–Crippen MR) is 105 cm³/mol. The molecule has 1 atom stereocenters. The van der Waals surface area contributed by atoms with E-state index in [0.717, 1.165) is 5.69 Å². The second-order valence-electron chi connectivity index (χ2n) is 6.34. The highest BCUT2D eigenvalue weighted by Gasteiger charge is 2.25. The Morgan fingerprint density at radius 3 is 2.89 bits per heavy atom.